The minimum absolute atomic E-state index is 0.193. The Balaban J connectivity index is 1.96. The van der Waals surface area contributed by atoms with E-state index in [0.717, 1.165) is 29.0 Å². The second-order valence-corrected chi connectivity index (χ2v) is 6.26. The minimum atomic E-state index is -0.646. The van der Waals surface area contributed by atoms with Crippen molar-refractivity contribution >= 4 is 24.7 Å². The largest absolute Gasteiger partial charge is 0.354 e. The summed E-state index contributed by atoms with van der Waals surface area (Å²) in [6, 6.07) is 6.34. The Morgan fingerprint density at radius 2 is 2.21 bits per heavy atom. The van der Waals surface area contributed by atoms with Crippen LogP contribution in [0.2, 0.25) is 0 Å². The van der Waals surface area contributed by atoms with Crippen molar-refractivity contribution in [2.75, 3.05) is 13.6 Å². The molecule has 0 N–H and O–H groups in total. The molecule has 24 heavy (non-hydrogen) atoms. The van der Waals surface area contributed by atoms with Crippen molar-refractivity contribution in [1.29, 1.82) is 0 Å². The SMILES string of the molecule is C=NN(C=NC)CC1(c2ccc(F)cc2)OC1C1=C(Cl)CCC=C1. The average molecular weight is 348 g/mol. The molecule has 4 nitrogen and oxygen atoms in total. The van der Waals surface area contributed by atoms with Crippen LogP contribution in [0.25, 0.3) is 0 Å². The quantitative estimate of drug-likeness (QED) is 0.339. The number of allylic oxidation sites excluding steroid dienone is 2. The number of ether oxygens (including phenoxy) is 1. The molecule has 2 atom stereocenters. The van der Waals surface area contributed by atoms with E-state index in [-0.39, 0.29) is 11.9 Å². The first-order valence-electron chi connectivity index (χ1n) is 7.75. The molecule has 0 amide bonds. The Morgan fingerprint density at radius 1 is 1.46 bits per heavy atom. The molecule has 0 bridgehead atoms. The highest BCUT2D eigenvalue weighted by atomic mass is 35.5. The van der Waals surface area contributed by atoms with Crippen molar-refractivity contribution in [1.82, 2.24) is 5.01 Å². The first kappa shape index (κ1) is 16.9. The minimum Gasteiger partial charge on any atom is -0.354 e. The van der Waals surface area contributed by atoms with Gasteiger partial charge in [-0.25, -0.2) is 4.39 Å². The molecule has 126 valence electrons. The molecular formula is C18H19ClFN3O. The van der Waals surface area contributed by atoms with Crippen LogP contribution in [-0.4, -0.2) is 37.8 Å². The Kier molecular flexibility index (Phi) is 4.83. The maximum Gasteiger partial charge on any atom is 0.144 e. The van der Waals surface area contributed by atoms with Gasteiger partial charge in [0, 0.05) is 18.8 Å². The van der Waals surface area contributed by atoms with Gasteiger partial charge in [0.1, 0.15) is 23.9 Å². The van der Waals surface area contributed by atoms with Crippen LogP contribution in [0.5, 0.6) is 0 Å². The summed E-state index contributed by atoms with van der Waals surface area (Å²) < 4.78 is 19.4. The molecule has 1 aliphatic carbocycles. The molecule has 0 aromatic heterocycles. The van der Waals surface area contributed by atoms with E-state index in [2.05, 4.69) is 22.9 Å². The zero-order valence-corrected chi connectivity index (χ0v) is 14.2. The van der Waals surface area contributed by atoms with Gasteiger partial charge in [0.05, 0.1) is 6.54 Å². The van der Waals surface area contributed by atoms with Crippen LogP contribution in [0.3, 0.4) is 0 Å². The third-order valence-electron chi connectivity index (χ3n) is 4.28. The van der Waals surface area contributed by atoms with E-state index < -0.39 is 5.60 Å². The number of hydrazone groups is 1. The van der Waals surface area contributed by atoms with Crippen molar-refractivity contribution in [2.24, 2.45) is 10.1 Å². The molecule has 3 rings (SSSR count). The van der Waals surface area contributed by atoms with Gasteiger partial charge in [0.25, 0.3) is 0 Å². The maximum absolute atomic E-state index is 13.3. The Hall–Kier alpha value is -1.98. The molecule has 1 heterocycles. The standard InChI is InChI=1S/C18H19ClFN3O/c1-21-12-23(22-2)11-18(13-7-9-14(20)10-8-13)17(24-18)15-5-3-4-6-16(15)19/h3,5,7-10,12,17H,2,4,6,11H2,1H3. The second-order valence-electron chi connectivity index (χ2n) is 5.81. The summed E-state index contributed by atoms with van der Waals surface area (Å²) in [7, 11) is 1.66. The third-order valence-corrected chi connectivity index (χ3v) is 4.69. The summed E-state index contributed by atoms with van der Waals surface area (Å²) in [5, 5.41) is 6.39. The highest BCUT2D eigenvalue weighted by molar-refractivity contribution is 6.30. The zero-order valence-electron chi connectivity index (χ0n) is 13.5. The van der Waals surface area contributed by atoms with E-state index in [0.29, 0.717) is 6.54 Å². The number of nitrogens with zero attached hydrogens (tertiary/aromatic N) is 3. The first-order valence-corrected chi connectivity index (χ1v) is 8.13. The van der Waals surface area contributed by atoms with Gasteiger partial charge in [-0.2, -0.15) is 5.10 Å². The zero-order chi connectivity index (χ0) is 17.2. The van der Waals surface area contributed by atoms with Gasteiger partial charge in [-0.15, -0.1) is 0 Å². The summed E-state index contributed by atoms with van der Waals surface area (Å²) in [5.41, 5.74) is 1.21. The number of aliphatic imine (C=N–C) groups is 1. The van der Waals surface area contributed by atoms with Crippen molar-refractivity contribution in [2.45, 2.75) is 24.5 Å². The van der Waals surface area contributed by atoms with Crippen LogP contribution in [0, 0.1) is 5.82 Å². The molecule has 6 heteroatoms. The summed E-state index contributed by atoms with van der Waals surface area (Å²) in [6.45, 7) is 3.99. The topological polar surface area (TPSA) is 40.5 Å². The van der Waals surface area contributed by atoms with Gasteiger partial charge in [0.15, 0.2) is 0 Å². The van der Waals surface area contributed by atoms with E-state index in [9.17, 15) is 4.39 Å². The van der Waals surface area contributed by atoms with Crippen molar-refractivity contribution in [3.63, 3.8) is 0 Å². The lowest BCUT2D eigenvalue weighted by molar-refractivity contribution is 0.250. The summed E-state index contributed by atoms with van der Waals surface area (Å²) >= 11 is 6.40. The molecule has 0 spiro atoms. The second kappa shape index (κ2) is 6.87. The Labute approximate surface area is 146 Å². The molecule has 0 saturated carbocycles. The summed E-state index contributed by atoms with van der Waals surface area (Å²) in [5.74, 6) is -0.283. The van der Waals surface area contributed by atoms with Gasteiger partial charge in [0.2, 0.25) is 0 Å². The van der Waals surface area contributed by atoms with Crippen LogP contribution in [0.4, 0.5) is 4.39 Å². The molecular weight excluding hydrogens is 329 g/mol. The number of hydrogen-bond acceptors (Lipinski definition) is 3. The normalized spacial score (nSPS) is 26.0. The number of hydrogen-bond donors (Lipinski definition) is 0. The summed E-state index contributed by atoms with van der Waals surface area (Å²) in [4.78, 5) is 3.98. The number of benzene rings is 1. The fourth-order valence-electron chi connectivity index (χ4n) is 3.04. The van der Waals surface area contributed by atoms with Crippen molar-refractivity contribution < 1.29 is 9.13 Å². The van der Waals surface area contributed by atoms with Crippen molar-refractivity contribution in [3.8, 4) is 0 Å². The highest BCUT2D eigenvalue weighted by Gasteiger charge is 2.60. The highest BCUT2D eigenvalue weighted by Crippen LogP contribution is 2.52. The van der Waals surface area contributed by atoms with Crippen LogP contribution in [0.1, 0.15) is 18.4 Å². The lowest BCUT2D eigenvalue weighted by Gasteiger charge is -2.20. The van der Waals surface area contributed by atoms with Gasteiger partial charge >= 0.3 is 0 Å². The fraction of sp³-hybridized carbons (Fsp3) is 0.333. The predicted octanol–water partition coefficient (Wildman–Crippen LogP) is 3.84. The molecule has 2 aliphatic rings. The summed E-state index contributed by atoms with van der Waals surface area (Å²) in [6.07, 6.45) is 7.25. The Bertz CT molecular complexity index is 713. The fourth-order valence-corrected chi connectivity index (χ4v) is 3.31. The van der Waals surface area contributed by atoms with E-state index in [1.807, 2.05) is 6.08 Å². The number of halogens is 2. The van der Waals surface area contributed by atoms with Gasteiger partial charge in [-0.3, -0.25) is 10.0 Å². The molecule has 1 aromatic rings. The van der Waals surface area contributed by atoms with E-state index in [1.165, 1.54) is 12.1 Å². The van der Waals surface area contributed by atoms with Crippen molar-refractivity contribution in [3.05, 3.63) is 58.4 Å². The van der Waals surface area contributed by atoms with Gasteiger partial charge < -0.3 is 4.74 Å². The van der Waals surface area contributed by atoms with E-state index in [4.69, 9.17) is 16.3 Å². The van der Waals surface area contributed by atoms with Crippen LogP contribution in [0.15, 0.2) is 57.1 Å². The third kappa shape index (κ3) is 3.14. The maximum atomic E-state index is 13.3. The van der Waals surface area contributed by atoms with Gasteiger partial charge in [-0.05, 0) is 36.1 Å². The number of epoxide rings is 1. The van der Waals surface area contributed by atoms with Crippen LogP contribution in [-0.2, 0) is 10.3 Å². The van der Waals surface area contributed by atoms with Crippen LogP contribution < -0.4 is 0 Å². The van der Waals surface area contributed by atoms with Gasteiger partial charge in [-0.1, -0.05) is 35.9 Å². The predicted molar refractivity (Wildman–Crippen MR) is 94.9 cm³/mol. The molecule has 1 aliphatic heterocycles. The lowest BCUT2D eigenvalue weighted by atomic mass is 9.89. The molecule has 0 radical (unpaired) electrons. The smallest absolute Gasteiger partial charge is 0.144 e. The van der Waals surface area contributed by atoms with Crippen LogP contribution >= 0.6 is 11.6 Å². The monoisotopic (exact) mass is 347 g/mol. The average Bonchev–Trinajstić information content (AvgIpc) is 3.30. The first-order chi connectivity index (χ1) is 11.6. The molecule has 2 unspecified atom stereocenters. The lowest BCUT2D eigenvalue weighted by Crippen LogP contribution is -2.31. The molecule has 1 fully saturated rings. The van der Waals surface area contributed by atoms with E-state index in [1.54, 1.807) is 30.5 Å². The Morgan fingerprint density at radius 3 is 2.83 bits per heavy atom. The van der Waals surface area contributed by atoms with E-state index >= 15 is 0 Å². The number of rotatable bonds is 6. The molecule has 1 saturated heterocycles. The molecule has 1 aromatic carbocycles.